The van der Waals surface area contributed by atoms with E-state index in [2.05, 4.69) is 12.0 Å². The quantitative estimate of drug-likeness (QED) is 0.742. The maximum Gasteiger partial charge on any atom is 0.328 e. The number of aliphatic carboxylic acids is 1. The van der Waals surface area contributed by atoms with E-state index in [1.54, 1.807) is 12.3 Å². The fourth-order valence-corrected chi connectivity index (χ4v) is 1.22. The fourth-order valence-electron chi connectivity index (χ4n) is 1.22. The molecule has 0 fully saturated rings. The summed E-state index contributed by atoms with van der Waals surface area (Å²) in [7, 11) is 0. The highest BCUT2D eigenvalue weighted by Crippen LogP contribution is 2.09. The lowest BCUT2D eigenvalue weighted by Gasteiger charge is -2.00. The Morgan fingerprint density at radius 2 is 2.43 bits per heavy atom. The molecule has 1 rings (SSSR count). The second kappa shape index (κ2) is 4.60. The van der Waals surface area contributed by atoms with Gasteiger partial charge in [-0.1, -0.05) is 6.92 Å². The smallest absolute Gasteiger partial charge is 0.328 e. The molecular formula is C10H14N2O2. The van der Waals surface area contributed by atoms with Gasteiger partial charge in [0, 0.05) is 23.9 Å². The summed E-state index contributed by atoms with van der Waals surface area (Å²) in [5.41, 5.74) is 1.87. The Bertz CT molecular complexity index is 353. The molecule has 0 bridgehead atoms. The first kappa shape index (κ1) is 10.5. The molecule has 0 saturated heterocycles. The van der Waals surface area contributed by atoms with E-state index in [4.69, 9.17) is 5.11 Å². The zero-order valence-corrected chi connectivity index (χ0v) is 8.40. The van der Waals surface area contributed by atoms with Gasteiger partial charge >= 0.3 is 5.97 Å². The third-order valence-electron chi connectivity index (χ3n) is 1.98. The van der Waals surface area contributed by atoms with Crippen LogP contribution in [0.25, 0.3) is 6.08 Å². The molecule has 0 spiro atoms. The third-order valence-corrected chi connectivity index (χ3v) is 1.98. The molecule has 1 aromatic rings. The van der Waals surface area contributed by atoms with Gasteiger partial charge in [-0.15, -0.1) is 0 Å². The molecule has 76 valence electrons. The number of hydrogen-bond acceptors (Lipinski definition) is 2. The number of carboxylic acids is 1. The Morgan fingerprint density at radius 1 is 1.71 bits per heavy atom. The lowest BCUT2D eigenvalue weighted by atomic mass is 10.2. The van der Waals surface area contributed by atoms with E-state index < -0.39 is 5.97 Å². The van der Waals surface area contributed by atoms with Crippen molar-refractivity contribution in [1.29, 1.82) is 0 Å². The van der Waals surface area contributed by atoms with Crippen LogP contribution in [0, 0.1) is 6.92 Å². The molecule has 14 heavy (non-hydrogen) atoms. The molecule has 4 heteroatoms. The first-order valence-electron chi connectivity index (χ1n) is 4.58. The zero-order chi connectivity index (χ0) is 10.6. The molecule has 0 radical (unpaired) electrons. The van der Waals surface area contributed by atoms with Crippen molar-refractivity contribution in [3.63, 3.8) is 0 Å². The van der Waals surface area contributed by atoms with Crippen molar-refractivity contribution in [2.75, 3.05) is 0 Å². The van der Waals surface area contributed by atoms with Crippen LogP contribution in [-0.4, -0.2) is 20.9 Å². The Morgan fingerprint density at radius 3 is 3.00 bits per heavy atom. The summed E-state index contributed by atoms with van der Waals surface area (Å²) in [6.07, 6.45) is 5.40. The van der Waals surface area contributed by atoms with Crippen LogP contribution in [0.3, 0.4) is 0 Å². The lowest BCUT2D eigenvalue weighted by Crippen LogP contribution is -2.00. The minimum absolute atomic E-state index is 0.862. The zero-order valence-electron chi connectivity index (χ0n) is 8.40. The molecule has 0 unspecified atom stereocenters. The van der Waals surface area contributed by atoms with Crippen molar-refractivity contribution in [3.05, 3.63) is 23.5 Å². The number of aryl methyl sites for hydroxylation is 1. The monoisotopic (exact) mass is 194 g/mol. The third kappa shape index (κ3) is 2.45. The van der Waals surface area contributed by atoms with Crippen LogP contribution in [0.4, 0.5) is 0 Å². The minimum atomic E-state index is -0.937. The van der Waals surface area contributed by atoms with Gasteiger partial charge in [-0.25, -0.2) is 4.79 Å². The Kier molecular flexibility index (Phi) is 3.45. The van der Waals surface area contributed by atoms with Crippen LogP contribution in [0.1, 0.15) is 24.6 Å². The van der Waals surface area contributed by atoms with Gasteiger partial charge in [0.15, 0.2) is 0 Å². The standard InChI is InChI=1S/C10H14N2O2/c1-3-6-12-8(2)9(7-11-12)4-5-10(13)14/h4-5,7H,3,6H2,1-2H3,(H,13,14)/b5-4+. The maximum absolute atomic E-state index is 10.3. The molecule has 0 aromatic carbocycles. The highest BCUT2D eigenvalue weighted by Gasteiger charge is 2.02. The predicted molar refractivity (Wildman–Crippen MR) is 53.9 cm³/mol. The van der Waals surface area contributed by atoms with E-state index in [-0.39, 0.29) is 0 Å². The topological polar surface area (TPSA) is 55.1 Å². The second-order valence-corrected chi connectivity index (χ2v) is 3.08. The summed E-state index contributed by atoms with van der Waals surface area (Å²) in [4.78, 5) is 10.3. The van der Waals surface area contributed by atoms with E-state index in [9.17, 15) is 4.79 Å². The number of carbonyl (C=O) groups is 1. The van der Waals surface area contributed by atoms with Gasteiger partial charge < -0.3 is 5.11 Å². The van der Waals surface area contributed by atoms with Gasteiger partial charge in [0.05, 0.1) is 6.20 Å². The Balaban J connectivity index is 2.84. The van der Waals surface area contributed by atoms with Crippen LogP contribution in [-0.2, 0) is 11.3 Å². The summed E-state index contributed by atoms with van der Waals surface area (Å²) in [5, 5.41) is 12.6. The van der Waals surface area contributed by atoms with Gasteiger partial charge in [-0.05, 0) is 19.4 Å². The van der Waals surface area contributed by atoms with Gasteiger partial charge in [0.25, 0.3) is 0 Å². The molecule has 0 aliphatic rings. The van der Waals surface area contributed by atoms with E-state index in [1.165, 1.54) is 0 Å². The van der Waals surface area contributed by atoms with Crippen LogP contribution >= 0.6 is 0 Å². The number of nitrogens with zero attached hydrogens (tertiary/aromatic N) is 2. The van der Waals surface area contributed by atoms with Crippen LogP contribution in [0.2, 0.25) is 0 Å². The summed E-state index contributed by atoms with van der Waals surface area (Å²) in [6, 6.07) is 0. The number of aromatic nitrogens is 2. The summed E-state index contributed by atoms with van der Waals surface area (Å²) in [6.45, 7) is 4.88. The largest absolute Gasteiger partial charge is 0.478 e. The summed E-state index contributed by atoms with van der Waals surface area (Å²) >= 11 is 0. The fraction of sp³-hybridized carbons (Fsp3) is 0.400. The summed E-state index contributed by atoms with van der Waals surface area (Å²) < 4.78 is 1.88. The van der Waals surface area contributed by atoms with Crippen LogP contribution in [0.5, 0.6) is 0 Å². The number of rotatable bonds is 4. The van der Waals surface area contributed by atoms with Crippen molar-refractivity contribution < 1.29 is 9.90 Å². The Hall–Kier alpha value is -1.58. The second-order valence-electron chi connectivity index (χ2n) is 3.08. The summed E-state index contributed by atoms with van der Waals surface area (Å²) in [5.74, 6) is -0.937. The van der Waals surface area contributed by atoms with E-state index in [0.29, 0.717) is 0 Å². The van der Waals surface area contributed by atoms with Crippen LogP contribution in [0.15, 0.2) is 12.3 Å². The van der Waals surface area contributed by atoms with Gasteiger partial charge in [0.1, 0.15) is 0 Å². The molecule has 4 nitrogen and oxygen atoms in total. The first-order chi connectivity index (χ1) is 6.65. The number of hydrogen-bond donors (Lipinski definition) is 1. The Labute approximate surface area is 82.9 Å². The van der Waals surface area contributed by atoms with Gasteiger partial charge in [0.2, 0.25) is 0 Å². The maximum atomic E-state index is 10.3. The molecule has 0 amide bonds. The molecule has 0 saturated carbocycles. The molecule has 0 atom stereocenters. The average molecular weight is 194 g/mol. The average Bonchev–Trinajstić information content (AvgIpc) is 2.46. The van der Waals surface area contributed by atoms with E-state index in [1.807, 2.05) is 11.6 Å². The molecular weight excluding hydrogens is 180 g/mol. The molecule has 1 heterocycles. The highest BCUT2D eigenvalue weighted by atomic mass is 16.4. The highest BCUT2D eigenvalue weighted by molar-refractivity contribution is 5.85. The van der Waals surface area contributed by atoms with E-state index >= 15 is 0 Å². The molecule has 1 aromatic heterocycles. The van der Waals surface area contributed by atoms with Crippen LogP contribution < -0.4 is 0 Å². The molecule has 0 aliphatic carbocycles. The van der Waals surface area contributed by atoms with Crippen molar-refractivity contribution >= 4 is 12.0 Å². The SMILES string of the molecule is CCCn1ncc(/C=C/C(=O)O)c1C. The van der Waals surface area contributed by atoms with Crippen molar-refractivity contribution in [3.8, 4) is 0 Å². The number of carboxylic acid groups (broad SMARTS) is 1. The van der Waals surface area contributed by atoms with Gasteiger partial charge in [-0.3, -0.25) is 4.68 Å². The van der Waals surface area contributed by atoms with Crippen molar-refractivity contribution in [2.24, 2.45) is 0 Å². The normalized spacial score (nSPS) is 11.0. The van der Waals surface area contributed by atoms with Gasteiger partial charge in [-0.2, -0.15) is 5.10 Å². The van der Waals surface area contributed by atoms with Crippen molar-refractivity contribution in [2.45, 2.75) is 26.8 Å². The van der Waals surface area contributed by atoms with E-state index in [0.717, 1.165) is 30.3 Å². The lowest BCUT2D eigenvalue weighted by molar-refractivity contribution is -0.131. The molecule has 0 aliphatic heterocycles. The predicted octanol–water partition coefficient (Wildman–Crippen LogP) is 1.70. The van der Waals surface area contributed by atoms with Crippen molar-refractivity contribution in [1.82, 2.24) is 9.78 Å². The molecule has 1 N–H and O–H groups in total. The minimum Gasteiger partial charge on any atom is -0.478 e. The first-order valence-corrected chi connectivity index (χ1v) is 4.58.